The van der Waals surface area contributed by atoms with Crippen LogP contribution in [0.5, 0.6) is 5.75 Å². The smallest absolute Gasteiger partial charge is 0.411 e. The molecule has 4 nitrogen and oxygen atoms in total. The summed E-state index contributed by atoms with van der Waals surface area (Å²) >= 11 is 0. The van der Waals surface area contributed by atoms with Gasteiger partial charge in [0.05, 0.1) is 5.69 Å². The van der Waals surface area contributed by atoms with E-state index < -0.39 is 6.09 Å². The topological polar surface area (TPSA) is 58.6 Å². The fourth-order valence-electron chi connectivity index (χ4n) is 4.14. The van der Waals surface area contributed by atoms with E-state index in [0.717, 1.165) is 5.39 Å². The van der Waals surface area contributed by atoms with Crippen LogP contribution in [0.15, 0.2) is 84.9 Å². The highest BCUT2D eigenvalue weighted by atomic mass is 16.5. The lowest BCUT2D eigenvalue weighted by Gasteiger charge is -2.15. The van der Waals surface area contributed by atoms with E-state index in [1.165, 1.54) is 22.3 Å². The first-order valence-electron chi connectivity index (χ1n) is 9.55. The molecule has 142 valence electrons. The first-order chi connectivity index (χ1) is 14.2. The summed E-state index contributed by atoms with van der Waals surface area (Å²) in [5.41, 5.74) is 5.35. The van der Waals surface area contributed by atoms with Crippen molar-refractivity contribution in [3.05, 3.63) is 96.1 Å². The number of hydrogen-bond acceptors (Lipinski definition) is 3. The molecule has 0 atom stereocenters. The molecule has 0 saturated heterocycles. The predicted octanol–water partition coefficient (Wildman–Crippen LogP) is 5.91. The number of nitrogens with one attached hydrogen (secondary N) is 1. The number of carbonyl (C=O) groups excluding carboxylic acids is 1. The summed E-state index contributed by atoms with van der Waals surface area (Å²) in [6.07, 6.45) is -0.511. The molecule has 29 heavy (non-hydrogen) atoms. The van der Waals surface area contributed by atoms with Crippen LogP contribution >= 0.6 is 0 Å². The number of hydrogen-bond donors (Lipinski definition) is 2. The van der Waals surface area contributed by atoms with E-state index in [0.29, 0.717) is 11.1 Å². The molecule has 0 aromatic heterocycles. The number of phenols is 1. The largest absolute Gasteiger partial charge is 0.507 e. The van der Waals surface area contributed by atoms with Crippen LogP contribution < -0.4 is 5.32 Å². The second-order valence-corrected chi connectivity index (χ2v) is 7.13. The van der Waals surface area contributed by atoms with Crippen LogP contribution in [0.2, 0.25) is 0 Å². The second-order valence-electron chi connectivity index (χ2n) is 7.13. The number of fused-ring (bicyclic) bond motifs is 4. The Morgan fingerprint density at radius 3 is 2.07 bits per heavy atom. The van der Waals surface area contributed by atoms with Gasteiger partial charge in [-0.1, -0.05) is 72.8 Å². The zero-order valence-corrected chi connectivity index (χ0v) is 15.6. The zero-order valence-electron chi connectivity index (χ0n) is 15.6. The Morgan fingerprint density at radius 1 is 0.793 bits per heavy atom. The minimum Gasteiger partial charge on any atom is -0.507 e. The summed E-state index contributed by atoms with van der Waals surface area (Å²) in [7, 11) is 0. The number of benzene rings is 4. The minimum absolute atomic E-state index is 0.0183. The highest BCUT2D eigenvalue weighted by Crippen LogP contribution is 2.44. The van der Waals surface area contributed by atoms with Gasteiger partial charge in [0.25, 0.3) is 0 Å². The average molecular weight is 381 g/mol. The van der Waals surface area contributed by atoms with Gasteiger partial charge in [0, 0.05) is 16.7 Å². The van der Waals surface area contributed by atoms with Gasteiger partial charge in [-0.3, -0.25) is 5.32 Å². The third-order valence-corrected chi connectivity index (χ3v) is 5.48. The van der Waals surface area contributed by atoms with Crippen LogP contribution in [0.25, 0.3) is 21.9 Å². The fraction of sp³-hybridized carbons (Fsp3) is 0.0800. The third-order valence-electron chi connectivity index (χ3n) is 5.48. The van der Waals surface area contributed by atoms with Crippen LogP contribution in [-0.4, -0.2) is 17.8 Å². The van der Waals surface area contributed by atoms with Crippen LogP contribution in [0.4, 0.5) is 10.5 Å². The van der Waals surface area contributed by atoms with Crippen molar-refractivity contribution in [2.24, 2.45) is 0 Å². The molecule has 0 unspecified atom stereocenters. The molecule has 0 saturated carbocycles. The molecule has 5 rings (SSSR count). The number of ether oxygens (including phenoxy) is 1. The van der Waals surface area contributed by atoms with Crippen molar-refractivity contribution in [3.8, 4) is 16.9 Å². The maximum absolute atomic E-state index is 12.5. The number of rotatable bonds is 3. The lowest BCUT2D eigenvalue weighted by molar-refractivity contribution is 0.158. The van der Waals surface area contributed by atoms with Gasteiger partial charge >= 0.3 is 6.09 Å². The van der Waals surface area contributed by atoms with Gasteiger partial charge in [0.1, 0.15) is 12.4 Å². The van der Waals surface area contributed by atoms with Crippen molar-refractivity contribution in [1.29, 1.82) is 0 Å². The molecule has 1 aliphatic carbocycles. The van der Waals surface area contributed by atoms with Gasteiger partial charge in [0.15, 0.2) is 0 Å². The summed E-state index contributed by atoms with van der Waals surface area (Å²) in [4.78, 5) is 12.5. The minimum atomic E-state index is -0.511. The monoisotopic (exact) mass is 381 g/mol. The SMILES string of the molecule is O=C(Nc1ccc(O)c2ccccc12)OCC1c2ccccc2-c2ccccc21. The normalized spacial score (nSPS) is 12.4. The highest BCUT2D eigenvalue weighted by molar-refractivity contribution is 6.02. The van der Waals surface area contributed by atoms with Crippen molar-refractivity contribution >= 4 is 22.6 Å². The van der Waals surface area contributed by atoms with Crippen LogP contribution in [0, 0.1) is 0 Å². The number of phenolic OH excluding ortho intramolecular Hbond substituents is 1. The highest BCUT2D eigenvalue weighted by Gasteiger charge is 2.29. The van der Waals surface area contributed by atoms with Crippen molar-refractivity contribution in [3.63, 3.8) is 0 Å². The van der Waals surface area contributed by atoms with E-state index in [1.54, 1.807) is 12.1 Å². The quantitative estimate of drug-likeness (QED) is 0.434. The number of carbonyl (C=O) groups is 1. The van der Waals surface area contributed by atoms with E-state index in [1.807, 2.05) is 48.5 Å². The number of aromatic hydroxyl groups is 1. The Labute approximate surface area is 168 Å². The molecule has 0 fully saturated rings. The second kappa shape index (κ2) is 6.99. The maximum Gasteiger partial charge on any atom is 0.411 e. The maximum atomic E-state index is 12.5. The predicted molar refractivity (Wildman–Crippen MR) is 114 cm³/mol. The molecule has 4 aromatic carbocycles. The van der Waals surface area contributed by atoms with Crippen LogP contribution in [0.3, 0.4) is 0 Å². The first kappa shape index (κ1) is 17.3. The molecule has 2 N–H and O–H groups in total. The summed E-state index contributed by atoms with van der Waals surface area (Å²) < 4.78 is 5.61. The lowest BCUT2D eigenvalue weighted by atomic mass is 9.98. The molecule has 0 bridgehead atoms. The average Bonchev–Trinajstić information content (AvgIpc) is 3.08. The molecule has 0 aliphatic heterocycles. The first-order valence-corrected chi connectivity index (χ1v) is 9.55. The Bertz CT molecular complexity index is 1190. The fourth-order valence-corrected chi connectivity index (χ4v) is 4.14. The molecule has 1 amide bonds. The Hall–Kier alpha value is -3.79. The van der Waals surface area contributed by atoms with Crippen molar-refractivity contribution in [2.75, 3.05) is 11.9 Å². The standard InChI is InChI=1S/C25H19NO3/c27-24-14-13-23(20-11-5-6-12-21(20)24)26-25(28)29-15-22-18-9-3-1-7-16(18)17-8-2-4-10-19(17)22/h1-14,22,27H,15H2,(H,26,28). The molecular weight excluding hydrogens is 362 g/mol. The number of anilines is 1. The lowest BCUT2D eigenvalue weighted by Crippen LogP contribution is -2.18. The molecular formula is C25H19NO3. The molecule has 0 heterocycles. The van der Waals surface area contributed by atoms with Crippen molar-refractivity contribution < 1.29 is 14.6 Å². The van der Waals surface area contributed by atoms with E-state index in [2.05, 4.69) is 29.6 Å². The van der Waals surface area contributed by atoms with Gasteiger partial charge in [-0.25, -0.2) is 4.79 Å². The molecule has 1 aliphatic rings. The Morgan fingerprint density at radius 2 is 1.38 bits per heavy atom. The molecule has 0 spiro atoms. The van der Waals surface area contributed by atoms with Gasteiger partial charge in [-0.15, -0.1) is 0 Å². The van der Waals surface area contributed by atoms with Crippen molar-refractivity contribution in [1.82, 2.24) is 0 Å². The molecule has 4 aromatic rings. The summed E-state index contributed by atoms with van der Waals surface area (Å²) in [6, 6.07) is 27.1. The van der Waals surface area contributed by atoms with Crippen LogP contribution in [-0.2, 0) is 4.74 Å². The Balaban J connectivity index is 1.36. The number of amides is 1. The van der Waals surface area contributed by atoms with Gasteiger partial charge in [-0.05, 0) is 34.4 Å². The van der Waals surface area contributed by atoms with E-state index in [4.69, 9.17) is 4.74 Å². The summed E-state index contributed by atoms with van der Waals surface area (Å²) in [5.74, 6) is 0.198. The van der Waals surface area contributed by atoms with E-state index in [-0.39, 0.29) is 18.3 Å². The van der Waals surface area contributed by atoms with Gasteiger partial charge < -0.3 is 9.84 Å². The van der Waals surface area contributed by atoms with E-state index in [9.17, 15) is 9.90 Å². The summed E-state index contributed by atoms with van der Waals surface area (Å²) in [6.45, 7) is 0.260. The Kier molecular flexibility index (Phi) is 4.17. The van der Waals surface area contributed by atoms with Gasteiger partial charge in [0.2, 0.25) is 0 Å². The molecule has 0 radical (unpaired) electrons. The van der Waals surface area contributed by atoms with Crippen molar-refractivity contribution in [2.45, 2.75) is 5.92 Å². The van der Waals surface area contributed by atoms with E-state index >= 15 is 0 Å². The van der Waals surface area contributed by atoms with Crippen LogP contribution in [0.1, 0.15) is 17.0 Å². The molecule has 4 heteroatoms. The summed E-state index contributed by atoms with van der Waals surface area (Å²) in [5, 5.41) is 14.3. The zero-order chi connectivity index (χ0) is 19.8. The van der Waals surface area contributed by atoms with Gasteiger partial charge in [-0.2, -0.15) is 0 Å². The third kappa shape index (κ3) is 2.99.